The van der Waals surface area contributed by atoms with Crippen molar-refractivity contribution in [2.24, 2.45) is 0 Å². The summed E-state index contributed by atoms with van der Waals surface area (Å²) in [5.74, 6) is 1.19. The maximum Gasteiger partial charge on any atom is 0.251 e. The molecule has 1 heterocycles. The number of carbonyl (C=O) groups is 1. The van der Waals surface area contributed by atoms with Crippen LogP contribution < -0.4 is 19.5 Å². The number of ether oxygens (including phenoxy) is 4. The van der Waals surface area contributed by atoms with Gasteiger partial charge >= 0.3 is 0 Å². The Labute approximate surface area is 171 Å². The number of hydrogen-bond acceptors (Lipinski definition) is 6. The summed E-state index contributed by atoms with van der Waals surface area (Å²) in [6, 6.07) is 13.5. The van der Waals surface area contributed by atoms with E-state index in [0.717, 1.165) is 19.6 Å². The van der Waals surface area contributed by atoms with E-state index in [4.69, 9.17) is 18.9 Å². The summed E-state index contributed by atoms with van der Waals surface area (Å²) in [5.41, 5.74) is 1.64. The van der Waals surface area contributed by atoms with Crippen molar-refractivity contribution in [2.75, 3.05) is 54.1 Å². The number of nitrogens with zero attached hydrogens (tertiary/aromatic N) is 1. The number of benzene rings is 2. The van der Waals surface area contributed by atoms with Crippen molar-refractivity contribution < 1.29 is 23.7 Å². The second-order valence-electron chi connectivity index (χ2n) is 6.74. The molecule has 2 aromatic carbocycles. The number of amides is 1. The van der Waals surface area contributed by atoms with Crippen LogP contribution in [0.25, 0.3) is 0 Å². The highest BCUT2D eigenvalue weighted by Crippen LogP contribution is 2.38. The molecule has 1 saturated heterocycles. The molecule has 0 aliphatic carbocycles. The van der Waals surface area contributed by atoms with Gasteiger partial charge in [-0.05, 0) is 17.7 Å². The van der Waals surface area contributed by atoms with Gasteiger partial charge in [0.15, 0.2) is 11.5 Å². The molecule has 156 valence electrons. The molecule has 1 N–H and O–H groups in total. The molecular weight excluding hydrogens is 372 g/mol. The second kappa shape index (κ2) is 10.1. The predicted molar refractivity (Wildman–Crippen MR) is 110 cm³/mol. The molecule has 3 rings (SSSR count). The quantitative estimate of drug-likeness (QED) is 0.734. The maximum absolute atomic E-state index is 12.6. The Balaban J connectivity index is 1.56. The number of rotatable bonds is 8. The second-order valence-corrected chi connectivity index (χ2v) is 6.74. The molecule has 1 aliphatic rings. The SMILES string of the molecule is COc1cc(C(=O)NCCN2CCOC(c3ccccc3)C2)cc(OC)c1OC. The Morgan fingerprint density at radius 2 is 1.79 bits per heavy atom. The fourth-order valence-electron chi connectivity index (χ4n) is 3.42. The molecule has 0 saturated carbocycles. The Morgan fingerprint density at radius 1 is 1.10 bits per heavy atom. The van der Waals surface area contributed by atoms with Gasteiger partial charge in [0.25, 0.3) is 5.91 Å². The van der Waals surface area contributed by atoms with Gasteiger partial charge in [0.05, 0.1) is 34.0 Å². The third-order valence-corrected chi connectivity index (χ3v) is 4.96. The lowest BCUT2D eigenvalue weighted by molar-refractivity contribution is -0.0293. The van der Waals surface area contributed by atoms with Crippen LogP contribution in [-0.2, 0) is 4.74 Å². The zero-order valence-electron chi connectivity index (χ0n) is 17.1. The molecule has 1 atom stereocenters. The van der Waals surface area contributed by atoms with E-state index in [2.05, 4.69) is 22.3 Å². The predicted octanol–water partition coefficient (Wildman–Crippen LogP) is 2.52. The van der Waals surface area contributed by atoms with Crippen molar-refractivity contribution in [1.82, 2.24) is 10.2 Å². The highest BCUT2D eigenvalue weighted by molar-refractivity contribution is 5.95. The zero-order valence-corrected chi connectivity index (χ0v) is 17.1. The topological polar surface area (TPSA) is 69.3 Å². The summed E-state index contributed by atoms with van der Waals surface area (Å²) in [4.78, 5) is 14.9. The Bertz CT molecular complexity index is 787. The first kappa shape index (κ1) is 21.0. The molecule has 7 heteroatoms. The molecular formula is C22H28N2O5. The van der Waals surface area contributed by atoms with Crippen LogP contribution in [0, 0.1) is 0 Å². The molecule has 29 heavy (non-hydrogen) atoms. The molecule has 0 aromatic heterocycles. The third-order valence-electron chi connectivity index (χ3n) is 4.96. The molecule has 1 fully saturated rings. The smallest absolute Gasteiger partial charge is 0.251 e. The molecule has 1 amide bonds. The van der Waals surface area contributed by atoms with E-state index in [0.29, 0.717) is 36.0 Å². The molecule has 1 aliphatic heterocycles. The average Bonchev–Trinajstić information content (AvgIpc) is 2.78. The van der Waals surface area contributed by atoms with Gasteiger partial charge in [-0.25, -0.2) is 0 Å². The van der Waals surface area contributed by atoms with Crippen LogP contribution in [0.2, 0.25) is 0 Å². The lowest BCUT2D eigenvalue weighted by Gasteiger charge is -2.33. The minimum atomic E-state index is -0.183. The van der Waals surface area contributed by atoms with Crippen molar-refractivity contribution in [2.45, 2.75) is 6.10 Å². The van der Waals surface area contributed by atoms with Crippen molar-refractivity contribution in [1.29, 1.82) is 0 Å². The van der Waals surface area contributed by atoms with Gasteiger partial charge < -0.3 is 24.3 Å². The number of methoxy groups -OCH3 is 3. The van der Waals surface area contributed by atoms with E-state index in [1.54, 1.807) is 12.1 Å². The van der Waals surface area contributed by atoms with Crippen molar-refractivity contribution in [3.63, 3.8) is 0 Å². The largest absolute Gasteiger partial charge is 0.493 e. The molecule has 1 unspecified atom stereocenters. The molecule has 0 bridgehead atoms. The fourth-order valence-corrected chi connectivity index (χ4v) is 3.42. The highest BCUT2D eigenvalue weighted by Gasteiger charge is 2.22. The van der Waals surface area contributed by atoms with E-state index in [9.17, 15) is 4.79 Å². The van der Waals surface area contributed by atoms with Gasteiger partial charge in [-0.1, -0.05) is 30.3 Å². The number of hydrogen-bond donors (Lipinski definition) is 1. The first-order valence-electron chi connectivity index (χ1n) is 9.63. The maximum atomic E-state index is 12.6. The van der Waals surface area contributed by atoms with E-state index in [1.165, 1.54) is 26.9 Å². The van der Waals surface area contributed by atoms with Gasteiger partial charge in [-0.2, -0.15) is 0 Å². The Hall–Kier alpha value is -2.77. The summed E-state index contributed by atoms with van der Waals surface area (Å²) < 4.78 is 21.8. The summed E-state index contributed by atoms with van der Waals surface area (Å²) in [6.45, 7) is 3.63. The Morgan fingerprint density at radius 3 is 2.41 bits per heavy atom. The summed E-state index contributed by atoms with van der Waals surface area (Å²) in [6.07, 6.45) is 0.0655. The minimum absolute atomic E-state index is 0.0655. The first-order chi connectivity index (χ1) is 14.2. The van der Waals surface area contributed by atoms with Gasteiger partial charge in [-0.15, -0.1) is 0 Å². The van der Waals surface area contributed by atoms with Gasteiger partial charge in [0, 0.05) is 31.7 Å². The van der Waals surface area contributed by atoms with Gasteiger partial charge in [-0.3, -0.25) is 9.69 Å². The fraction of sp³-hybridized carbons (Fsp3) is 0.409. The van der Waals surface area contributed by atoms with E-state index in [1.807, 2.05) is 18.2 Å². The molecule has 7 nitrogen and oxygen atoms in total. The van der Waals surface area contributed by atoms with Crippen LogP contribution in [-0.4, -0.2) is 64.9 Å². The van der Waals surface area contributed by atoms with Crippen LogP contribution in [0.5, 0.6) is 17.2 Å². The minimum Gasteiger partial charge on any atom is -0.493 e. The summed E-state index contributed by atoms with van der Waals surface area (Å²) in [7, 11) is 4.59. The first-order valence-corrected chi connectivity index (χ1v) is 9.63. The molecule has 2 aromatic rings. The Kier molecular flexibility index (Phi) is 7.32. The van der Waals surface area contributed by atoms with Crippen molar-refractivity contribution in [3.05, 3.63) is 53.6 Å². The van der Waals surface area contributed by atoms with Crippen molar-refractivity contribution in [3.8, 4) is 17.2 Å². The van der Waals surface area contributed by atoms with Crippen LogP contribution >= 0.6 is 0 Å². The van der Waals surface area contributed by atoms with Gasteiger partial charge in [0.1, 0.15) is 0 Å². The lowest BCUT2D eigenvalue weighted by Crippen LogP contribution is -2.42. The number of morpholine rings is 1. The van der Waals surface area contributed by atoms with E-state index in [-0.39, 0.29) is 12.0 Å². The normalized spacial score (nSPS) is 16.9. The van der Waals surface area contributed by atoms with Gasteiger partial charge in [0.2, 0.25) is 5.75 Å². The van der Waals surface area contributed by atoms with Crippen LogP contribution in [0.3, 0.4) is 0 Å². The highest BCUT2D eigenvalue weighted by atomic mass is 16.5. The van der Waals surface area contributed by atoms with Crippen LogP contribution in [0.4, 0.5) is 0 Å². The van der Waals surface area contributed by atoms with E-state index >= 15 is 0 Å². The van der Waals surface area contributed by atoms with Crippen LogP contribution in [0.15, 0.2) is 42.5 Å². The average molecular weight is 400 g/mol. The number of carbonyl (C=O) groups excluding carboxylic acids is 1. The zero-order chi connectivity index (χ0) is 20.6. The molecule has 0 radical (unpaired) electrons. The van der Waals surface area contributed by atoms with E-state index < -0.39 is 0 Å². The number of nitrogens with one attached hydrogen (secondary N) is 1. The summed E-state index contributed by atoms with van der Waals surface area (Å²) >= 11 is 0. The molecule has 0 spiro atoms. The summed E-state index contributed by atoms with van der Waals surface area (Å²) in [5, 5.41) is 2.97. The van der Waals surface area contributed by atoms with Crippen molar-refractivity contribution >= 4 is 5.91 Å². The van der Waals surface area contributed by atoms with Crippen LogP contribution in [0.1, 0.15) is 22.0 Å². The lowest BCUT2D eigenvalue weighted by atomic mass is 10.1. The standard InChI is InChI=1S/C22H28N2O5/c1-26-18-13-17(14-19(27-2)21(18)28-3)22(25)23-9-10-24-11-12-29-20(15-24)16-7-5-4-6-8-16/h4-8,13-14,20H,9-12,15H2,1-3H3,(H,23,25). The third kappa shape index (κ3) is 5.19. The monoisotopic (exact) mass is 400 g/mol.